The van der Waals surface area contributed by atoms with Crippen molar-refractivity contribution in [3.05, 3.63) is 71.8 Å². The molecule has 1 aliphatic rings. The number of hydrogen-bond donors (Lipinski definition) is 2. The monoisotopic (exact) mass is 384 g/mol. The molecule has 0 aliphatic carbocycles. The summed E-state index contributed by atoms with van der Waals surface area (Å²) in [5, 5.41) is 9.22. The number of carbonyl (C=O) groups is 3. The molecule has 1 N–H and O–H groups in total. The summed E-state index contributed by atoms with van der Waals surface area (Å²) < 4.78 is 0. The lowest BCUT2D eigenvalue weighted by atomic mass is 10.0. The van der Waals surface area contributed by atoms with Gasteiger partial charge in [0.05, 0.1) is 6.04 Å². The lowest BCUT2D eigenvalue weighted by Crippen LogP contribution is -2.44. The smallest absolute Gasteiger partial charge is 0.328 e. The van der Waals surface area contributed by atoms with Crippen molar-refractivity contribution in [1.82, 2.24) is 9.80 Å². The fourth-order valence-corrected chi connectivity index (χ4v) is 3.62. The number of nitrogens with zero attached hydrogens (tertiary/aromatic N) is 2. The van der Waals surface area contributed by atoms with Gasteiger partial charge in [-0.15, -0.1) is 0 Å². The summed E-state index contributed by atoms with van der Waals surface area (Å²) >= 11 is 4.34. The molecule has 2 unspecified atom stereocenters. The average Bonchev–Trinajstić information content (AvgIpc) is 2.91. The Balaban J connectivity index is 1.94. The number of benzene rings is 2. The zero-order valence-corrected chi connectivity index (χ0v) is 15.5. The van der Waals surface area contributed by atoms with E-state index >= 15 is 0 Å². The molecule has 7 heteroatoms. The first-order valence-corrected chi connectivity index (χ1v) is 9.21. The molecule has 2 aromatic rings. The normalized spacial score (nSPS) is 18.0. The van der Waals surface area contributed by atoms with Crippen LogP contribution in [0.4, 0.5) is 4.79 Å². The van der Waals surface area contributed by atoms with Crippen LogP contribution in [0.15, 0.2) is 60.7 Å². The molecule has 6 nitrogen and oxygen atoms in total. The Labute approximate surface area is 162 Å². The molecular formula is C20H20N2O4S. The molecule has 1 aliphatic heterocycles. The number of urea groups is 1. The molecule has 2 aromatic carbocycles. The van der Waals surface area contributed by atoms with E-state index in [1.54, 1.807) is 30.3 Å². The van der Waals surface area contributed by atoms with Crippen LogP contribution in [0.1, 0.15) is 17.2 Å². The molecule has 0 bridgehead atoms. The molecule has 0 spiro atoms. The highest BCUT2D eigenvalue weighted by atomic mass is 32.1. The van der Waals surface area contributed by atoms with Crippen LogP contribution >= 0.6 is 12.6 Å². The topological polar surface area (TPSA) is 77.9 Å². The Kier molecular flexibility index (Phi) is 5.81. The number of amides is 3. The molecular weight excluding hydrogens is 364 g/mol. The quantitative estimate of drug-likeness (QED) is 0.568. The fourth-order valence-electron chi connectivity index (χ4n) is 3.33. The van der Waals surface area contributed by atoms with Gasteiger partial charge in [-0.25, -0.2) is 4.79 Å². The van der Waals surface area contributed by atoms with Gasteiger partial charge in [-0.1, -0.05) is 60.7 Å². The van der Waals surface area contributed by atoms with Gasteiger partial charge in [-0.05, 0) is 17.5 Å². The van der Waals surface area contributed by atoms with E-state index in [0.717, 1.165) is 10.5 Å². The van der Waals surface area contributed by atoms with E-state index < -0.39 is 36.5 Å². The summed E-state index contributed by atoms with van der Waals surface area (Å²) in [4.78, 5) is 39.7. The van der Waals surface area contributed by atoms with Crippen molar-refractivity contribution in [2.24, 2.45) is 0 Å². The summed E-state index contributed by atoms with van der Waals surface area (Å²) in [6, 6.07) is 16.3. The van der Waals surface area contributed by atoms with Gasteiger partial charge in [0.2, 0.25) is 0 Å². The second kappa shape index (κ2) is 8.26. The zero-order chi connectivity index (χ0) is 19.4. The lowest BCUT2D eigenvalue weighted by molar-refractivity contribution is -0.138. The predicted octanol–water partition coefficient (Wildman–Crippen LogP) is 2.62. The van der Waals surface area contributed by atoms with E-state index in [2.05, 4.69) is 12.6 Å². The molecule has 1 fully saturated rings. The first-order valence-electron chi connectivity index (χ1n) is 8.58. The van der Waals surface area contributed by atoms with Gasteiger partial charge >= 0.3 is 12.0 Å². The maximum absolute atomic E-state index is 13.1. The summed E-state index contributed by atoms with van der Waals surface area (Å²) in [6.07, 6.45) is 0.463. The van der Waals surface area contributed by atoms with Crippen molar-refractivity contribution in [1.29, 1.82) is 0 Å². The maximum Gasteiger partial charge on any atom is 0.328 e. The highest BCUT2D eigenvalue weighted by Gasteiger charge is 2.48. The van der Waals surface area contributed by atoms with Crippen molar-refractivity contribution in [3.8, 4) is 0 Å². The fraction of sp³-hybridized carbons (Fsp3) is 0.250. The number of carboxylic acid groups (broad SMARTS) is 1. The number of hydrogen-bond acceptors (Lipinski definition) is 4. The van der Waals surface area contributed by atoms with Crippen molar-refractivity contribution >= 4 is 30.5 Å². The molecule has 27 heavy (non-hydrogen) atoms. The Hall–Kier alpha value is -2.80. The predicted molar refractivity (Wildman–Crippen MR) is 104 cm³/mol. The zero-order valence-electron chi connectivity index (χ0n) is 14.6. The van der Waals surface area contributed by atoms with E-state index in [4.69, 9.17) is 0 Å². The number of carboxylic acids is 1. The third-order valence-electron chi connectivity index (χ3n) is 4.55. The first kappa shape index (κ1) is 19.0. The van der Waals surface area contributed by atoms with Crippen LogP contribution < -0.4 is 0 Å². The molecule has 0 radical (unpaired) electrons. The van der Waals surface area contributed by atoms with Crippen molar-refractivity contribution in [2.75, 3.05) is 12.3 Å². The summed E-state index contributed by atoms with van der Waals surface area (Å²) in [5.41, 5.74) is 1.57. The maximum atomic E-state index is 13.1. The average molecular weight is 384 g/mol. The molecule has 2 atom stereocenters. The summed E-state index contributed by atoms with van der Waals surface area (Å²) in [5.74, 6) is -1.29. The van der Waals surface area contributed by atoms with Crippen molar-refractivity contribution in [3.63, 3.8) is 0 Å². The van der Waals surface area contributed by atoms with Crippen LogP contribution in [-0.2, 0) is 16.0 Å². The molecule has 1 saturated heterocycles. The van der Waals surface area contributed by atoms with Gasteiger partial charge < -0.3 is 5.11 Å². The minimum Gasteiger partial charge on any atom is -0.480 e. The number of rotatable bonds is 7. The van der Waals surface area contributed by atoms with E-state index in [0.29, 0.717) is 12.0 Å². The highest BCUT2D eigenvalue weighted by molar-refractivity contribution is 7.80. The van der Waals surface area contributed by atoms with Gasteiger partial charge in [0.1, 0.15) is 12.6 Å². The Morgan fingerprint density at radius 3 is 2.19 bits per heavy atom. The third kappa shape index (κ3) is 3.98. The molecule has 0 saturated carbocycles. The number of imide groups is 1. The Bertz CT molecular complexity index is 828. The molecule has 0 aromatic heterocycles. The standard InChI is InChI=1S/C20H20N2O4S/c23-17(24)12-21-18(15-9-5-2-6-10-15)19(25)22(20(21)26)16(13-27)11-14-7-3-1-4-8-14/h1-10,16,18,27H,11-13H2,(H,23,24). The summed E-state index contributed by atoms with van der Waals surface area (Å²) in [7, 11) is 0. The minimum absolute atomic E-state index is 0.287. The third-order valence-corrected chi connectivity index (χ3v) is 4.97. The molecule has 3 amide bonds. The van der Waals surface area contributed by atoms with E-state index in [9.17, 15) is 19.5 Å². The second-order valence-corrected chi connectivity index (χ2v) is 6.72. The van der Waals surface area contributed by atoms with E-state index in [1.165, 1.54) is 4.90 Å². The number of carbonyl (C=O) groups excluding carboxylic acids is 2. The minimum atomic E-state index is -1.16. The largest absolute Gasteiger partial charge is 0.480 e. The molecule has 1 heterocycles. The molecule has 140 valence electrons. The van der Waals surface area contributed by atoms with Crippen LogP contribution in [0.3, 0.4) is 0 Å². The highest BCUT2D eigenvalue weighted by Crippen LogP contribution is 2.33. The Morgan fingerprint density at radius 1 is 1.04 bits per heavy atom. The lowest BCUT2D eigenvalue weighted by Gasteiger charge is -2.24. The van der Waals surface area contributed by atoms with Crippen LogP contribution in [0.25, 0.3) is 0 Å². The van der Waals surface area contributed by atoms with Crippen LogP contribution in [0, 0.1) is 0 Å². The van der Waals surface area contributed by atoms with Gasteiger partial charge in [0, 0.05) is 5.75 Å². The van der Waals surface area contributed by atoms with Gasteiger partial charge in [-0.3, -0.25) is 19.4 Å². The number of aliphatic carboxylic acids is 1. The van der Waals surface area contributed by atoms with E-state index in [1.807, 2.05) is 30.3 Å². The van der Waals surface area contributed by atoms with Crippen molar-refractivity contribution < 1.29 is 19.5 Å². The van der Waals surface area contributed by atoms with Crippen LogP contribution in [0.5, 0.6) is 0 Å². The van der Waals surface area contributed by atoms with Crippen LogP contribution in [-0.4, -0.2) is 51.2 Å². The second-order valence-electron chi connectivity index (χ2n) is 6.35. The summed E-state index contributed by atoms with van der Waals surface area (Å²) in [6.45, 7) is -0.536. The van der Waals surface area contributed by atoms with E-state index in [-0.39, 0.29) is 5.75 Å². The first-order chi connectivity index (χ1) is 13.0. The van der Waals surface area contributed by atoms with Gasteiger partial charge in [-0.2, -0.15) is 12.6 Å². The number of thiol groups is 1. The SMILES string of the molecule is O=C(O)CN1C(=O)N(C(CS)Cc2ccccc2)C(=O)C1c1ccccc1. The molecule has 3 rings (SSSR count). The van der Waals surface area contributed by atoms with Crippen LogP contribution in [0.2, 0.25) is 0 Å². The van der Waals surface area contributed by atoms with Crippen molar-refractivity contribution in [2.45, 2.75) is 18.5 Å². The van der Waals surface area contributed by atoms with Gasteiger partial charge in [0.15, 0.2) is 0 Å². The Morgan fingerprint density at radius 2 is 1.63 bits per heavy atom. The van der Waals surface area contributed by atoms with Gasteiger partial charge in [0.25, 0.3) is 5.91 Å².